The topological polar surface area (TPSA) is 93.5 Å². The van der Waals surface area contributed by atoms with Crippen LogP contribution in [-0.4, -0.2) is 55.2 Å². The number of carbonyl (C=O) groups is 1. The molecule has 3 heterocycles. The summed E-state index contributed by atoms with van der Waals surface area (Å²) in [6.07, 6.45) is 4.24. The van der Waals surface area contributed by atoms with Crippen molar-refractivity contribution in [2.45, 2.75) is 37.8 Å². The summed E-state index contributed by atoms with van der Waals surface area (Å²) in [5.41, 5.74) is 0. The number of nitrogens with one attached hydrogen (secondary N) is 1. The Kier molecular flexibility index (Phi) is 4.69. The molecule has 3 rings (SSSR count). The van der Waals surface area contributed by atoms with E-state index in [-0.39, 0.29) is 17.8 Å². The number of aromatic nitrogens is 2. The first-order chi connectivity index (χ1) is 11.0. The number of sulfonamides is 1. The molecule has 2 aliphatic rings. The smallest absolute Gasteiger partial charge is 0.246 e. The largest absolute Gasteiger partial charge is 0.377 e. The van der Waals surface area contributed by atoms with Crippen molar-refractivity contribution >= 4 is 21.7 Å². The van der Waals surface area contributed by atoms with Gasteiger partial charge in [0.05, 0.1) is 18.1 Å². The minimum Gasteiger partial charge on any atom is -0.377 e. The number of aryl methyl sites for hydroxylation is 1. The van der Waals surface area contributed by atoms with Gasteiger partial charge in [-0.2, -0.15) is 5.10 Å². The number of nitrogens with zero attached hydrogens (tertiary/aromatic N) is 3. The average Bonchev–Trinajstić information content (AvgIpc) is 3.12. The molecule has 2 atom stereocenters. The van der Waals surface area contributed by atoms with Crippen LogP contribution in [0.4, 0.5) is 5.82 Å². The average molecular weight is 342 g/mol. The van der Waals surface area contributed by atoms with Crippen molar-refractivity contribution in [2.75, 3.05) is 23.8 Å². The van der Waals surface area contributed by atoms with Gasteiger partial charge in [-0.1, -0.05) is 0 Å². The van der Waals surface area contributed by atoms with Crippen LogP contribution in [0.25, 0.3) is 0 Å². The Morgan fingerprint density at radius 1 is 1.39 bits per heavy atom. The predicted molar refractivity (Wildman–Crippen MR) is 84.5 cm³/mol. The van der Waals surface area contributed by atoms with Crippen LogP contribution in [0, 0.1) is 0 Å². The van der Waals surface area contributed by atoms with E-state index in [1.807, 2.05) is 0 Å². The molecule has 0 radical (unpaired) electrons. The van der Waals surface area contributed by atoms with Crippen LogP contribution in [0.5, 0.6) is 0 Å². The van der Waals surface area contributed by atoms with E-state index in [2.05, 4.69) is 9.82 Å². The van der Waals surface area contributed by atoms with Crippen LogP contribution in [0.3, 0.4) is 0 Å². The normalized spacial score (nSPS) is 26.0. The molecule has 2 unspecified atom stereocenters. The molecule has 2 saturated heterocycles. The Balaban J connectivity index is 1.67. The first kappa shape index (κ1) is 16.4. The van der Waals surface area contributed by atoms with E-state index in [1.165, 1.54) is 0 Å². The quantitative estimate of drug-likeness (QED) is 0.814. The summed E-state index contributed by atoms with van der Waals surface area (Å²) >= 11 is 0. The molecular weight excluding hydrogens is 320 g/mol. The monoisotopic (exact) mass is 342 g/mol. The van der Waals surface area contributed by atoms with E-state index >= 15 is 0 Å². The van der Waals surface area contributed by atoms with Gasteiger partial charge >= 0.3 is 0 Å². The maximum Gasteiger partial charge on any atom is 0.246 e. The minimum absolute atomic E-state index is 0.0809. The number of carbonyl (C=O) groups excluding carboxylic acids is 1. The zero-order valence-electron chi connectivity index (χ0n) is 13.1. The fourth-order valence-electron chi connectivity index (χ4n) is 3.13. The zero-order chi connectivity index (χ0) is 16.4. The fraction of sp³-hybridized carbons (Fsp3) is 0.714. The zero-order valence-corrected chi connectivity index (χ0v) is 14.0. The number of ether oxygens (including phenoxy) is 1. The Morgan fingerprint density at radius 2 is 2.22 bits per heavy atom. The van der Waals surface area contributed by atoms with Crippen molar-refractivity contribution in [1.29, 1.82) is 0 Å². The van der Waals surface area contributed by atoms with Crippen LogP contribution in [0.2, 0.25) is 0 Å². The molecule has 0 aliphatic carbocycles. The second-order valence-corrected chi connectivity index (χ2v) is 7.83. The molecule has 1 aromatic heterocycles. The molecule has 23 heavy (non-hydrogen) atoms. The van der Waals surface area contributed by atoms with Crippen LogP contribution in [0.1, 0.15) is 25.7 Å². The molecule has 8 nitrogen and oxygen atoms in total. The van der Waals surface area contributed by atoms with E-state index in [0.29, 0.717) is 25.4 Å². The third-order valence-electron chi connectivity index (χ3n) is 4.26. The Hall–Kier alpha value is -1.45. The number of hydrogen-bond donors (Lipinski definition) is 1. The number of anilines is 1. The first-order valence-electron chi connectivity index (χ1n) is 7.87. The van der Waals surface area contributed by atoms with Gasteiger partial charge in [0.15, 0.2) is 0 Å². The molecule has 1 amide bonds. The lowest BCUT2D eigenvalue weighted by molar-refractivity contribution is -0.121. The lowest BCUT2D eigenvalue weighted by atomic mass is 10.1. The van der Waals surface area contributed by atoms with Crippen molar-refractivity contribution in [3.05, 3.63) is 12.3 Å². The minimum atomic E-state index is -3.54. The van der Waals surface area contributed by atoms with Crippen molar-refractivity contribution in [3.8, 4) is 0 Å². The van der Waals surface area contributed by atoms with Crippen molar-refractivity contribution in [2.24, 2.45) is 7.05 Å². The summed E-state index contributed by atoms with van der Waals surface area (Å²) in [5, 5.41) is 4.06. The van der Waals surface area contributed by atoms with Crippen LogP contribution >= 0.6 is 0 Å². The van der Waals surface area contributed by atoms with Gasteiger partial charge in [-0.25, -0.2) is 13.1 Å². The molecule has 0 saturated carbocycles. The Bertz CT molecular complexity index is 666. The maximum atomic E-state index is 12.6. The molecule has 1 aromatic rings. The predicted octanol–water partition coefficient (Wildman–Crippen LogP) is 0.0139. The number of piperidine rings is 1. The lowest BCUT2D eigenvalue weighted by Crippen LogP contribution is -2.53. The van der Waals surface area contributed by atoms with Gasteiger partial charge in [0, 0.05) is 26.3 Å². The molecule has 0 spiro atoms. The summed E-state index contributed by atoms with van der Waals surface area (Å²) in [6, 6.07) is 1.03. The maximum absolute atomic E-state index is 12.6. The molecule has 2 fully saturated rings. The highest BCUT2D eigenvalue weighted by Crippen LogP contribution is 2.21. The van der Waals surface area contributed by atoms with Gasteiger partial charge in [0.25, 0.3) is 0 Å². The van der Waals surface area contributed by atoms with Gasteiger partial charge < -0.3 is 4.74 Å². The SMILES string of the molecule is Cn1nccc1N1CCCC(NS(=O)(=O)CC2CCCO2)C1=O. The number of rotatable bonds is 5. The summed E-state index contributed by atoms with van der Waals surface area (Å²) in [7, 11) is -1.79. The number of amides is 1. The van der Waals surface area contributed by atoms with Crippen molar-refractivity contribution in [1.82, 2.24) is 14.5 Å². The second-order valence-electron chi connectivity index (χ2n) is 6.03. The standard InChI is InChI=1S/C14H22N4O4S/c1-17-13(6-7-15-17)18-8-2-5-12(14(18)19)16-23(20,21)10-11-4-3-9-22-11/h6-7,11-12,16H,2-5,8-10H2,1H3. The Morgan fingerprint density at radius 3 is 2.87 bits per heavy atom. The first-order valence-corrected chi connectivity index (χ1v) is 9.52. The Labute approximate surface area is 135 Å². The van der Waals surface area contributed by atoms with E-state index in [9.17, 15) is 13.2 Å². The van der Waals surface area contributed by atoms with E-state index in [1.54, 1.807) is 28.9 Å². The summed E-state index contributed by atoms with van der Waals surface area (Å²) in [5.74, 6) is 0.372. The van der Waals surface area contributed by atoms with E-state index < -0.39 is 16.1 Å². The van der Waals surface area contributed by atoms with Crippen LogP contribution < -0.4 is 9.62 Å². The van der Waals surface area contributed by atoms with E-state index in [4.69, 9.17) is 4.74 Å². The van der Waals surface area contributed by atoms with Gasteiger partial charge in [0.1, 0.15) is 11.9 Å². The van der Waals surface area contributed by atoms with E-state index in [0.717, 1.165) is 19.3 Å². The second kappa shape index (κ2) is 6.58. The lowest BCUT2D eigenvalue weighted by Gasteiger charge is -2.32. The van der Waals surface area contributed by atoms with Crippen molar-refractivity contribution in [3.63, 3.8) is 0 Å². The molecule has 0 bridgehead atoms. The molecule has 0 aromatic carbocycles. The van der Waals surface area contributed by atoms with Crippen LogP contribution in [-0.2, 0) is 26.6 Å². The van der Waals surface area contributed by atoms with Crippen LogP contribution in [0.15, 0.2) is 12.3 Å². The highest BCUT2D eigenvalue weighted by molar-refractivity contribution is 7.89. The van der Waals surface area contributed by atoms with Crippen molar-refractivity contribution < 1.29 is 17.9 Å². The number of hydrogen-bond acceptors (Lipinski definition) is 5. The van der Waals surface area contributed by atoms with Gasteiger partial charge in [-0.05, 0) is 25.7 Å². The molecule has 1 N–H and O–H groups in total. The third-order valence-corrected chi connectivity index (χ3v) is 5.72. The molecule has 9 heteroatoms. The third kappa shape index (κ3) is 3.73. The van der Waals surface area contributed by atoms with Gasteiger partial charge in [-0.15, -0.1) is 0 Å². The van der Waals surface area contributed by atoms with Gasteiger partial charge in [-0.3, -0.25) is 14.4 Å². The highest BCUT2D eigenvalue weighted by Gasteiger charge is 2.34. The molecule has 2 aliphatic heterocycles. The van der Waals surface area contributed by atoms with Gasteiger partial charge in [0.2, 0.25) is 15.9 Å². The molecular formula is C14H22N4O4S. The summed E-state index contributed by atoms with van der Waals surface area (Å²) in [6.45, 7) is 1.18. The summed E-state index contributed by atoms with van der Waals surface area (Å²) in [4.78, 5) is 14.2. The summed E-state index contributed by atoms with van der Waals surface area (Å²) < 4.78 is 34.1. The molecule has 128 valence electrons. The fourth-order valence-corrected chi connectivity index (χ4v) is 4.63. The highest BCUT2D eigenvalue weighted by atomic mass is 32.2.